The van der Waals surface area contributed by atoms with E-state index in [1.165, 1.54) is 4.57 Å². The fraction of sp³-hybridized carbons (Fsp3) is 0.474. The van der Waals surface area contributed by atoms with Gasteiger partial charge in [-0.2, -0.15) is 5.10 Å². The van der Waals surface area contributed by atoms with Gasteiger partial charge in [-0.3, -0.25) is 9.25 Å². The van der Waals surface area contributed by atoms with Crippen LogP contribution in [-0.4, -0.2) is 27.5 Å². The van der Waals surface area contributed by atoms with Crippen molar-refractivity contribution >= 4 is 16.8 Å². The number of nitrogens with zero attached hydrogens (tertiary/aromatic N) is 3. The zero-order chi connectivity index (χ0) is 18.1. The fourth-order valence-electron chi connectivity index (χ4n) is 3.71. The first-order chi connectivity index (χ1) is 12.7. The molecule has 1 aromatic carbocycles. The van der Waals surface area contributed by atoms with Gasteiger partial charge in [0, 0.05) is 44.5 Å². The number of ether oxygens (including phenoxy) is 1. The van der Waals surface area contributed by atoms with Crippen LogP contribution in [0.4, 0.5) is 5.69 Å². The third kappa shape index (κ3) is 3.03. The Morgan fingerprint density at radius 2 is 2.23 bits per heavy atom. The van der Waals surface area contributed by atoms with Crippen molar-refractivity contribution in [1.29, 1.82) is 0 Å². The van der Waals surface area contributed by atoms with Gasteiger partial charge in [0.15, 0.2) is 5.58 Å². The second-order valence-electron chi connectivity index (χ2n) is 6.76. The second kappa shape index (κ2) is 6.99. The molecule has 3 aromatic rings. The molecule has 3 heterocycles. The maximum atomic E-state index is 11.6. The summed E-state index contributed by atoms with van der Waals surface area (Å²) in [5, 5.41) is 7.89. The van der Waals surface area contributed by atoms with E-state index in [0.717, 1.165) is 49.4 Å². The molecule has 0 spiro atoms. The monoisotopic (exact) mass is 356 g/mol. The molecule has 1 saturated heterocycles. The summed E-state index contributed by atoms with van der Waals surface area (Å²) < 4.78 is 14.8. The number of hydrogen-bond donors (Lipinski definition) is 1. The highest BCUT2D eigenvalue weighted by Gasteiger charge is 2.29. The maximum Gasteiger partial charge on any atom is 0.419 e. The molecule has 7 heteroatoms. The van der Waals surface area contributed by atoms with Crippen LogP contribution in [0.2, 0.25) is 0 Å². The largest absolute Gasteiger partial charge is 0.419 e. The van der Waals surface area contributed by atoms with E-state index >= 15 is 0 Å². The molecule has 0 unspecified atom stereocenters. The van der Waals surface area contributed by atoms with Gasteiger partial charge < -0.3 is 14.5 Å². The summed E-state index contributed by atoms with van der Waals surface area (Å²) in [4.78, 5) is 11.6. The summed E-state index contributed by atoms with van der Waals surface area (Å²) in [6.07, 6.45) is 4.08. The Morgan fingerprint density at radius 3 is 3.08 bits per heavy atom. The molecule has 2 atom stereocenters. The Balaban J connectivity index is 1.52. The summed E-state index contributed by atoms with van der Waals surface area (Å²) in [7, 11) is 1.72. The van der Waals surface area contributed by atoms with Crippen LogP contribution in [-0.2, 0) is 18.3 Å². The average molecular weight is 356 g/mol. The number of fused-ring (bicyclic) bond motifs is 1. The molecule has 0 aliphatic carbocycles. The van der Waals surface area contributed by atoms with Crippen molar-refractivity contribution in [3.05, 3.63) is 46.7 Å². The topological polar surface area (TPSA) is 74.2 Å². The minimum atomic E-state index is -0.342. The van der Waals surface area contributed by atoms with Gasteiger partial charge in [-0.05, 0) is 44.0 Å². The van der Waals surface area contributed by atoms with Gasteiger partial charge in [-0.1, -0.05) is 0 Å². The number of aryl methyl sites for hydroxylation is 2. The van der Waals surface area contributed by atoms with Crippen LogP contribution in [0.5, 0.6) is 0 Å². The summed E-state index contributed by atoms with van der Waals surface area (Å²) >= 11 is 0. The van der Waals surface area contributed by atoms with Crippen molar-refractivity contribution in [1.82, 2.24) is 14.3 Å². The van der Waals surface area contributed by atoms with Crippen molar-refractivity contribution in [3.63, 3.8) is 0 Å². The van der Waals surface area contributed by atoms with E-state index < -0.39 is 0 Å². The van der Waals surface area contributed by atoms with E-state index in [9.17, 15) is 4.79 Å². The SMILES string of the molecule is CCn1nccc1[C@@H]1OCCC[C@H]1CNc1ccc2oc(=O)n(C)c2c1. The minimum Gasteiger partial charge on any atom is -0.408 e. The molecule has 0 amide bonds. The molecule has 138 valence electrons. The quantitative estimate of drug-likeness (QED) is 0.761. The third-order valence-corrected chi connectivity index (χ3v) is 5.15. The van der Waals surface area contributed by atoms with E-state index in [0.29, 0.717) is 11.5 Å². The first kappa shape index (κ1) is 16.9. The lowest BCUT2D eigenvalue weighted by molar-refractivity contribution is -0.0288. The molecule has 0 radical (unpaired) electrons. The summed E-state index contributed by atoms with van der Waals surface area (Å²) in [6.45, 7) is 4.53. The summed E-state index contributed by atoms with van der Waals surface area (Å²) in [5.41, 5.74) is 3.52. The standard InChI is InChI=1S/C19H24N4O3/c1-3-23-15(8-9-21-23)18-13(5-4-10-25-18)12-20-14-6-7-17-16(11-14)22(2)19(24)26-17/h6-9,11,13,18,20H,3-5,10,12H2,1-2H3/t13-,18+/m0/s1. The van der Waals surface area contributed by atoms with Gasteiger partial charge in [0.25, 0.3) is 0 Å². The predicted molar refractivity (Wildman–Crippen MR) is 99.3 cm³/mol. The lowest BCUT2D eigenvalue weighted by atomic mass is 9.92. The number of anilines is 1. The molecule has 2 aromatic heterocycles. The van der Waals surface area contributed by atoms with Crippen LogP contribution < -0.4 is 11.1 Å². The van der Waals surface area contributed by atoms with Gasteiger partial charge in [0.2, 0.25) is 0 Å². The van der Waals surface area contributed by atoms with Crippen molar-refractivity contribution in [3.8, 4) is 0 Å². The number of aromatic nitrogens is 3. The van der Waals surface area contributed by atoms with E-state index in [1.807, 2.05) is 29.1 Å². The van der Waals surface area contributed by atoms with E-state index in [2.05, 4.69) is 23.4 Å². The van der Waals surface area contributed by atoms with Gasteiger partial charge >= 0.3 is 5.76 Å². The second-order valence-corrected chi connectivity index (χ2v) is 6.76. The number of hydrogen-bond acceptors (Lipinski definition) is 5. The highest BCUT2D eigenvalue weighted by Crippen LogP contribution is 2.34. The van der Waals surface area contributed by atoms with E-state index in [-0.39, 0.29) is 11.9 Å². The number of nitrogens with one attached hydrogen (secondary N) is 1. The van der Waals surface area contributed by atoms with Gasteiger partial charge in [0.1, 0.15) is 6.10 Å². The first-order valence-corrected chi connectivity index (χ1v) is 9.14. The molecule has 0 bridgehead atoms. The number of oxazole rings is 1. The molecule has 1 N–H and O–H groups in total. The lowest BCUT2D eigenvalue weighted by Gasteiger charge is -2.32. The normalized spacial score (nSPS) is 20.5. The Labute approximate surface area is 151 Å². The molecule has 26 heavy (non-hydrogen) atoms. The molecule has 1 aliphatic rings. The summed E-state index contributed by atoms with van der Waals surface area (Å²) in [6, 6.07) is 7.79. The molecule has 1 aliphatic heterocycles. The van der Waals surface area contributed by atoms with Crippen molar-refractivity contribution in [2.75, 3.05) is 18.5 Å². The highest BCUT2D eigenvalue weighted by molar-refractivity contribution is 5.77. The van der Waals surface area contributed by atoms with Crippen LogP contribution in [0.3, 0.4) is 0 Å². The third-order valence-electron chi connectivity index (χ3n) is 5.15. The zero-order valence-corrected chi connectivity index (χ0v) is 15.1. The summed E-state index contributed by atoms with van der Waals surface area (Å²) in [5.74, 6) is 0.0281. The molecule has 7 nitrogen and oxygen atoms in total. The highest BCUT2D eigenvalue weighted by atomic mass is 16.5. The number of benzene rings is 1. The van der Waals surface area contributed by atoms with Crippen molar-refractivity contribution in [2.45, 2.75) is 32.4 Å². The molecule has 4 rings (SSSR count). The fourth-order valence-corrected chi connectivity index (χ4v) is 3.71. The Hall–Kier alpha value is -2.54. The van der Waals surface area contributed by atoms with Crippen LogP contribution in [0.15, 0.2) is 39.7 Å². The maximum absolute atomic E-state index is 11.6. The van der Waals surface area contributed by atoms with Gasteiger partial charge in [0.05, 0.1) is 11.2 Å². The van der Waals surface area contributed by atoms with Crippen LogP contribution in [0, 0.1) is 5.92 Å². The minimum absolute atomic E-state index is 0.0562. The molecular formula is C19H24N4O3. The zero-order valence-electron chi connectivity index (χ0n) is 15.1. The molecule has 1 fully saturated rings. The van der Waals surface area contributed by atoms with Gasteiger partial charge in [-0.25, -0.2) is 4.79 Å². The Morgan fingerprint density at radius 1 is 1.35 bits per heavy atom. The first-order valence-electron chi connectivity index (χ1n) is 9.14. The Kier molecular flexibility index (Phi) is 4.55. The van der Waals surface area contributed by atoms with Gasteiger partial charge in [-0.15, -0.1) is 0 Å². The molecular weight excluding hydrogens is 332 g/mol. The number of rotatable bonds is 5. The van der Waals surface area contributed by atoms with E-state index in [1.54, 1.807) is 7.05 Å². The smallest absolute Gasteiger partial charge is 0.408 e. The Bertz CT molecular complexity index is 955. The van der Waals surface area contributed by atoms with E-state index in [4.69, 9.17) is 9.15 Å². The van der Waals surface area contributed by atoms with Crippen LogP contribution in [0.25, 0.3) is 11.1 Å². The average Bonchev–Trinajstić information content (AvgIpc) is 3.25. The van der Waals surface area contributed by atoms with Crippen molar-refractivity contribution < 1.29 is 9.15 Å². The van der Waals surface area contributed by atoms with Crippen molar-refractivity contribution in [2.24, 2.45) is 13.0 Å². The van der Waals surface area contributed by atoms with Crippen LogP contribution in [0.1, 0.15) is 31.6 Å². The van der Waals surface area contributed by atoms with Crippen LogP contribution >= 0.6 is 0 Å². The molecule has 0 saturated carbocycles. The predicted octanol–water partition coefficient (Wildman–Crippen LogP) is 2.93. The lowest BCUT2D eigenvalue weighted by Crippen LogP contribution is -2.30.